The number of hydrogen-bond acceptors (Lipinski definition) is 4. The standard InChI is InChI=1S/C23H20N2OS/c1-27-15-9-7-14(8-10-15)21-17-11-12-18-16(4-3-13-24-18)23(17)25-19-5-2-6-20(26)22(19)21/h3-4,7-13,21,25H,2,5-6H2,1H3/t21-/m1/s1. The van der Waals surface area contributed by atoms with Gasteiger partial charge in [-0.1, -0.05) is 18.2 Å². The van der Waals surface area contributed by atoms with Crippen LogP contribution >= 0.6 is 11.8 Å². The van der Waals surface area contributed by atoms with Gasteiger partial charge in [-0.25, -0.2) is 0 Å². The van der Waals surface area contributed by atoms with Gasteiger partial charge in [0.1, 0.15) is 0 Å². The van der Waals surface area contributed by atoms with Crippen LogP contribution in [0.1, 0.15) is 36.3 Å². The molecule has 0 unspecified atom stereocenters. The van der Waals surface area contributed by atoms with E-state index in [1.165, 1.54) is 16.0 Å². The Bertz CT molecular complexity index is 1090. The van der Waals surface area contributed by atoms with Crippen LogP contribution in [0.25, 0.3) is 10.9 Å². The third kappa shape index (κ3) is 2.67. The fourth-order valence-electron chi connectivity index (χ4n) is 4.33. The lowest BCUT2D eigenvalue weighted by Crippen LogP contribution is -2.27. The summed E-state index contributed by atoms with van der Waals surface area (Å²) in [5, 5.41) is 4.73. The number of nitrogens with one attached hydrogen (secondary N) is 1. The molecule has 2 aromatic carbocycles. The van der Waals surface area contributed by atoms with Crippen LogP contribution < -0.4 is 5.32 Å². The molecule has 27 heavy (non-hydrogen) atoms. The van der Waals surface area contributed by atoms with Crippen LogP contribution in [0, 0.1) is 0 Å². The number of rotatable bonds is 2. The second kappa shape index (κ2) is 6.54. The summed E-state index contributed by atoms with van der Waals surface area (Å²) < 4.78 is 0. The average molecular weight is 372 g/mol. The number of thioether (sulfide) groups is 1. The minimum Gasteiger partial charge on any atom is -0.358 e. The van der Waals surface area contributed by atoms with E-state index in [4.69, 9.17) is 0 Å². The van der Waals surface area contributed by atoms with Gasteiger partial charge in [-0.15, -0.1) is 11.8 Å². The highest BCUT2D eigenvalue weighted by atomic mass is 32.2. The lowest BCUT2D eigenvalue weighted by atomic mass is 9.75. The van der Waals surface area contributed by atoms with Crippen molar-refractivity contribution < 1.29 is 4.79 Å². The van der Waals surface area contributed by atoms with E-state index in [-0.39, 0.29) is 11.7 Å². The first-order chi connectivity index (χ1) is 13.3. The summed E-state index contributed by atoms with van der Waals surface area (Å²) in [7, 11) is 0. The third-order valence-corrected chi connectivity index (χ3v) is 6.34. The number of pyridine rings is 1. The Morgan fingerprint density at radius 3 is 2.74 bits per heavy atom. The normalized spacial score (nSPS) is 18.9. The van der Waals surface area contributed by atoms with Gasteiger partial charge in [0.2, 0.25) is 0 Å². The molecule has 0 fully saturated rings. The van der Waals surface area contributed by atoms with Gasteiger partial charge >= 0.3 is 0 Å². The maximum atomic E-state index is 12.9. The van der Waals surface area contributed by atoms with Crippen molar-refractivity contribution in [2.45, 2.75) is 30.1 Å². The van der Waals surface area contributed by atoms with Crippen LogP contribution in [-0.4, -0.2) is 17.0 Å². The van der Waals surface area contributed by atoms with E-state index in [1.54, 1.807) is 11.8 Å². The number of carbonyl (C=O) groups excluding carboxylic acids is 1. The Balaban J connectivity index is 1.76. The largest absolute Gasteiger partial charge is 0.358 e. The number of benzene rings is 2. The van der Waals surface area contributed by atoms with Gasteiger partial charge in [0, 0.05) is 40.1 Å². The minimum absolute atomic E-state index is 0.00966. The summed E-state index contributed by atoms with van der Waals surface area (Å²) in [6.45, 7) is 0. The zero-order valence-electron chi connectivity index (χ0n) is 15.2. The van der Waals surface area contributed by atoms with Gasteiger partial charge in [-0.2, -0.15) is 0 Å². The lowest BCUT2D eigenvalue weighted by molar-refractivity contribution is -0.116. The Hall–Kier alpha value is -2.59. The molecule has 0 saturated carbocycles. The number of fused-ring (bicyclic) bond motifs is 3. The van der Waals surface area contributed by atoms with Crippen molar-refractivity contribution in [2.24, 2.45) is 0 Å². The maximum Gasteiger partial charge on any atom is 0.161 e. The van der Waals surface area contributed by atoms with Gasteiger partial charge in [-0.3, -0.25) is 9.78 Å². The fourth-order valence-corrected chi connectivity index (χ4v) is 4.73. The molecule has 5 rings (SSSR count). The first kappa shape index (κ1) is 16.6. The van der Waals surface area contributed by atoms with Crippen LogP contribution in [0.2, 0.25) is 0 Å². The number of anilines is 1. The van der Waals surface area contributed by atoms with Crippen molar-refractivity contribution in [1.82, 2.24) is 4.98 Å². The molecule has 1 aliphatic heterocycles. The maximum absolute atomic E-state index is 12.9. The highest BCUT2D eigenvalue weighted by Gasteiger charge is 2.35. The molecule has 3 nitrogen and oxygen atoms in total. The third-order valence-electron chi connectivity index (χ3n) is 5.60. The predicted molar refractivity (Wildman–Crippen MR) is 111 cm³/mol. The SMILES string of the molecule is CSc1ccc([C@H]2C3=C(CCCC3=O)Nc3c2ccc2ncccc32)cc1. The second-order valence-electron chi connectivity index (χ2n) is 7.10. The van der Waals surface area contributed by atoms with Gasteiger partial charge < -0.3 is 5.32 Å². The zero-order valence-corrected chi connectivity index (χ0v) is 16.0. The Morgan fingerprint density at radius 1 is 1.07 bits per heavy atom. The first-order valence-electron chi connectivity index (χ1n) is 9.31. The van der Waals surface area contributed by atoms with E-state index < -0.39 is 0 Å². The Labute approximate surface area is 162 Å². The molecule has 0 radical (unpaired) electrons. The van der Waals surface area contributed by atoms with Crippen molar-refractivity contribution in [1.29, 1.82) is 0 Å². The Morgan fingerprint density at radius 2 is 1.93 bits per heavy atom. The number of Topliss-reactive ketones (excluding diaryl/α,β-unsaturated/α-hetero) is 1. The first-order valence-corrected chi connectivity index (χ1v) is 10.5. The molecule has 1 N–H and O–H groups in total. The van der Waals surface area contributed by atoms with E-state index in [2.05, 4.69) is 59.0 Å². The number of nitrogens with zero attached hydrogens (tertiary/aromatic N) is 1. The molecule has 0 saturated heterocycles. The molecule has 1 aliphatic carbocycles. The van der Waals surface area contributed by atoms with Crippen LogP contribution in [0.3, 0.4) is 0 Å². The quantitative estimate of drug-likeness (QED) is 0.601. The molecule has 1 atom stereocenters. The second-order valence-corrected chi connectivity index (χ2v) is 7.98. The lowest BCUT2D eigenvalue weighted by Gasteiger charge is -2.34. The molecule has 2 heterocycles. The average Bonchev–Trinajstić information content (AvgIpc) is 2.72. The van der Waals surface area contributed by atoms with E-state index in [0.29, 0.717) is 6.42 Å². The molecule has 134 valence electrons. The highest BCUT2D eigenvalue weighted by Crippen LogP contribution is 2.47. The zero-order chi connectivity index (χ0) is 18.4. The van der Waals surface area contributed by atoms with Crippen molar-refractivity contribution in [3.63, 3.8) is 0 Å². The van der Waals surface area contributed by atoms with Crippen LogP contribution in [-0.2, 0) is 4.79 Å². The van der Waals surface area contributed by atoms with Crippen molar-refractivity contribution >= 4 is 34.1 Å². The summed E-state index contributed by atoms with van der Waals surface area (Å²) in [5.41, 5.74) is 6.48. The number of allylic oxidation sites excluding steroid dienone is 2. The van der Waals surface area contributed by atoms with Crippen molar-refractivity contribution in [3.05, 3.63) is 77.1 Å². The molecule has 0 bridgehead atoms. The summed E-state index contributed by atoms with van der Waals surface area (Å²) in [6.07, 6.45) is 6.40. The Kier molecular flexibility index (Phi) is 4.01. The number of hydrogen-bond donors (Lipinski definition) is 1. The smallest absolute Gasteiger partial charge is 0.161 e. The van der Waals surface area contributed by atoms with Gasteiger partial charge in [0.05, 0.1) is 11.2 Å². The van der Waals surface area contributed by atoms with Crippen molar-refractivity contribution in [3.8, 4) is 0 Å². The number of carbonyl (C=O) groups is 1. The van der Waals surface area contributed by atoms with E-state index in [1.807, 2.05) is 12.3 Å². The van der Waals surface area contributed by atoms with Crippen LogP contribution in [0.5, 0.6) is 0 Å². The fraction of sp³-hybridized carbons (Fsp3) is 0.217. The molecule has 1 aromatic heterocycles. The van der Waals surface area contributed by atoms with Gasteiger partial charge in [-0.05, 0) is 60.6 Å². The van der Waals surface area contributed by atoms with Crippen LogP contribution in [0.15, 0.2) is 70.9 Å². The van der Waals surface area contributed by atoms with Crippen molar-refractivity contribution in [2.75, 3.05) is 11.6 Å². The number of aromatic nitrogens is 1. The topological polar surface area (TPSA) is 42.0 Å². The highest BCUT2D eigenvalue weighted by molar-refractivity contribution is 7.98. The summed E-state index contributed by atoms with van der Waals surface area (Å²) >= 11 is 1.74. The monoisotopic (exact) mass is 372 g/mol. The van der Waals surface area contributed by atoms with Crippen LogP contribution in [0.4, 0.5) is 5.69 Å². The summed E-state index contributed by atoms with van der Waals surface area (Å²) in [6, 6.07) is 16.9. The van der Waals surface area contributed by atoms with E-state index >= 15 is 0 Å². The summed E-state index contributed by atoms with van der Waals surface area (Å²) in [4.78, 5) is 18.6. The van der Waals surface area contributed by atoms with E-state index in [9.17, 15) is 4.79 Å². The molecular weight excluding hydrogens is 352 g/mol. The molecule has 4 heteroatoms. The predicted octanol–water partition coefficient (Wildman–Crippen LogP) is 5.52. The van der Waals surface area contributed by atoms with Gasteiger partial charge in [0.15, 0.2) is 5.78 Å². The minimum atomic E-state index is -0.00966. The molecule has 0 amide bonds. The van der Waals surface area contributed by atoms with E-state index in [0.717, 1.165) is 40.7 Å². The molecule has 0 spiro atoms. The molecular formula is C23H20N2OS. The summed E-state index contributed by atoms with van der Waals surface area (Å²) in [5.74, 6) is 0.268. The number of ketones is 1. The molecule has 2 aliphatic rings. The molecule has 3 aromatic rings. The van der Waals surface area contributed by atoms with Gasteiger partial charge in [0.25, 0.3) is 0 Å².